The van der Waals surface area contributed by atoms with Crippen LogP contribution in [-0.4, -0.2) is 48.2 Å². The summed E-state index contributed by atoms with van der Waals surface area (Å²) in [6.07, 6.45) is 0.911. The lowest BCUT2D eigenvalue weighted by atomic mass is 10.1. The maximum Gasteiger partial charge on any atom is 0.410 e. The van der Waals surface area contributed by atoms with E-state index in [1.807, 2.05) is 33.9 Å². The zero-order valence-electron chi connectivity index (χ0n) is 14.2. The van der Waals surface area contributed by atoms with E-state index < -0.39 is 5.60 Å². The Morgan fingerprint density at radius 3 is 2.64 bits per heavy atom. The number of hydrogen-bond donors (Lipinski definition) is 0. The van der Waals surface area contributed by atoms with Crippen LogP contribution in [0, 0.1) is 5.92 Å². The molecule has 0 aliphatic carbocycles. The molecule has 0 saturated carbocycles. The standard InChI is InChI=1S/C18H28N2O2/c1-18(2,3)22-17(21)19(4)12-16-10-11-20(14-16)13-15-8-6-5-7-9-15/h5-9,16H,10-14H2,1-4H3/t16-/m1/s1. The predicted octanol–water partition coefficient (Wildman–Crippen LogP) is 3.38. The number of benzene rings is 1. The fourth-order valence-corrected chi connectivity index (χ4v) is 2.85. The zero-order valence-corrected chi connectivity index (χ0v) is 14.2. The number of carbonyl (C=O) groups excluding carboxylic acids is 1. The molecule has 4 nitrogen and oxygen atoms in total. The summed E-state index contributed by atoms with van der Waals surface area (Å²) in [7, 11) is 1.83. The number of ether oxygens (including phenoxy) is 1. The Labute approximate surface area is 134 Å². The van der Waals surface area contributed by atoms with Crippen molar-refractivity contribution in [3.8, 4) is 0 Å². The van der Waals surface area contributed by atoms with Crippen molar-refractivity contribution in [1.29, 1.82) is 0 Å². The normalized spacial score (nSPS) is 19.2. The molecule has 1 fully saturated rings. The third-order valence-corrected chi connectivity index (χ3v) is 3.86. The van der Waals surface area contributed by atoms with Gasteiger partial charge >= 0.3 is 6.09 Å². The maximum atomic E-state index is 12.0. The summed E-state index contributed by atoms with van der Waals surface area (Å²) in [5.41, 5.74) is 0.920. The molecule has 2 rings (SSSR count). The highest BCUT2D eigenvalue weighted by Crippen LogP contribution is 2.20. The Morgan fingerprint density at radius 1 is 1.32 bits per heavy atom. The second-order valence-electron chi connectivity index (χ2n) is 7.24. The average Bonchev–Trinajstić information content (AvgIpc) is 2.85. The Bertz CT molecular complexity index is 482. The van der Waals surface area contributed by atoms with E-state index >= 15 is 0 Å². The first-order valence-electron chi connectivity index (χ1n) is 8.04. The number of amides is 1. The van der Waals surface area contributed by atoms with Crippen LogP contribution in [0.1, 0.15) is 32.8 Å². The van der Waals surface area contributed by atoms with Gasteiger partial charge in [-0.25, -0.2) is 4.79 Å². The van der Waals surface area contributed by atoms with E-state index in [-0.39, 0.29) is 6.09 Å². The molecule has 122 valence electrons. The summed E-state index contributed by atoms with van der Waals surface area (Å²) >= 11 is 0. The fraction of sp³-hybridized carbons (Fsp3) is 0.611. The molecule has 1 atom stereocenters. The molecule has 22 heavy (non-hydrogen) atoms. The quantitative estimate of drug-likeness (QED) is 0.855. The lowest BCUT2D eigenvalue weighted by Gasteiger charge is -2.26. The monoisotopic (exact) mass is 304 g/mol. The van der Waals surface area contributed by atoms with Crippen LogP contribution in [-0.2, 0) is 11.3 Å². The van der Waals surface area contributed by atoms with E-state index in [4.69, 9.17) is 4.74 Å². The van der Waals surface area contributed by atoms with Crippen LogP contribution in [0.25, 0.3) is 0 Å². The number of nitrogens with zero attached hydrogens (tertiary/aromatic N) is 2. The van der Waals surface area contributed by atoms with E-state index in [0.29, 0.717) is 5.92 Å². The van der Waals surface area contributed by atoms with Gasteiger partial charge in [0.1, 0.15) is 5.60 Å². The molecule has 1 saturated heterocycles. The molecule has 0 unspecified atom stereocenters. The van der Waals surface area contributed by atoms with Gasteiger partial charge in [-0.2, -0.15) is 0 Å². The molecule has 0 bridgehead atoms. The molecule has 0 aromatic heterocycles. The van der Waals surface area contributed by atoms with Gasteiger partial charge in [0, 0.05) is 26.7 Å². The second kappa shape index (κ2) is 7.14. The van der Waals surface area contributed by atoms with Crippen LogP contribution in [0.5, 0.6) is 0 Å². The third kappa shape index (κ3) is 5.34. The predicted molar refractivity (Wildman–Crippen MR) is 88.7 cm³/mol. The number of rotatable bonds is 4. The summed E-state index contributed by atoms with van der Waals surface area (Å²) in [5, 5.41) is 0. The van der Waals surface area contributed by atoms with Crippen molar-refractivity contribution >= 4 is 6.09 Å². The molecule has 1 aliphatic heterocycles. The first-order valence-corrected chi connectivity index (χ1v) is 8.04. The summed E-state index contributed by atoms with van der Waals surface area (Å²) in [6, 6.07) is 10.5. The molecule has 0 N–H and O–H groups in total. The number of carbonyl (C=O) groups is 1. The minimum Gasteiger partial charge on any atom is -0.444 e. The van der Waals surface area contributed by atoms with Crippen LogP contribution in [0.15, 0.2) is 30.3 Å². The van der Waals surface area contributed by atoms with E-state index in [1.54, 1.807) is 4.90 Å². The number of likely N-dealkylation sites (tertiary alicyclic amines) is 1. The van der Waals surface area contributed by atoms with E-state index in [0.717, 1.165) is 32.6 Å². The van der Waals surface area contributed by atoms with Gasteiger partial charge in [0.15, 0.2) is 0 Å². The molecule has 1 aromatic rings. The molecule has 1 amide bonds. The molecule has 1 aliphatic rings. The highest BCUT2D eigenvalue weighted by molar-refractivity contribution is 5.67. The van der Waals surface area contributed by atoms with Crippen LogP contribution in [0.3, 0.4) is 0 Å². The lowest BCUT2D eigenvalue weighted by molar-refractivity contribution is 0.0274. The Hall–Kier alpha value is -1.55. The van der Waals surface area contributed by atoms with Crippen LogP contribution < -0.4 is 0 Å². The maximum absolute atomic E-state index is 12.0. The van der Waals surface area contributed by atoms with Gasteiger partial charge in [-0.05, 0) is 45.2 Å². The van der Waals surface area contributed by atoms with Gasteiger partial charge in [0.25, 0.3) is 0 Å². The Kier molecular flexibility index (Phi) is 5.46. The zero-order chi connectivity index (χ0) is 16.2. The molecular weight excluding hydrogens is 276 g/mol. The largest absolute Gasteiger partial charge is 0.444 e. The highest BCUT2D eigenvalue weighted by Gasteiger charge is 2.26. The first-order chi connectivity index (χ1) is 10.3. The van der Waals surface area contributed by atoms with Gasteiger partial charge in [0.2, 0.25) is 0 Å². The van der Waals surface area contributed by atoms with Crippen LogP contribution >= 0.6 is 0 Å². The minimum atomic E-state index is -0.430. The van der Waals surface area contributed by atoms with Crippen molar-refractivity contribution in [2.75, 3.05) is 26.7 Å². The minimum absolute atomic E-state index is 0.228. The second-order valence-corrected chi connectivity index (χ2v) is 7.24. The van der Waals surface area contributed by atoms with Gasteiger partial charge in [-0.1, -0.05) is 30.3 Å². The van der Waals surface area contributed by atoms with E-state index in [2.05, 4.69) is 29.2 Å². The fourth-order valence-electron chi connectivity index (χ4n) is 2.85. The molecule has 0 spiro atoms. The summed E-state index contributed by atoms with van der Waals surface area (Å²) in [6.45, 7) is 9.60. The highest BCUT2D eigenvalue weighted by atomic mass is 16.6. The number of hydrogen-bond acceptors (Lipinski definition) is 3. The van der Waals surface area contributed by atoms with Gasteiger partial charge in [0.05, 0.1) is 0 Å². The van der Waals surface area contributed by atoms with Gasteiger partial charge in [-0.3, -0.25) is 4.90 Å². The molecule has 1 aromatic carbocycles. The van der Waals surface area contributed by atoms with Gasteiger partial charge in [-0.15, -0.1) is 0 Å². The van der Waals surface area contributed by atoms with Crippen LogP contribution in [0.2, 0.25) is 0 Å². The van der Waals surface area contributed by atoms with Crippen molar-refractivity contribution < 1.29 is 9.53 Å². The van der Waals surface area contributed by atoms with Crippen molar-refractivity contribution in [2.24, 2.45) is 5.92 Å². The van der Waals surface area contributed by atoms with Crippen molar-refractivity contribution in [2.45, 2.75) is 39.3 Å². The summed E-state index contributed by atoms with van der Waals surface area (Å²) < 4.78 is 5.41. The van der Waals surface area contributed by atoms with Crippen molar-refractivity contribution in [3.05, 3.63) is 35.9 Å². The Balaban J connectivity index is 1.77. The first kappa shape index (κ1) is 16.8. The van der Waals surface area contributed by atoms with Gasteiger partial charge < -0.3 is 9.64 Å². The van der Waals surface area contributed by atoms with Crippen molar-refractivity contribution in [1.82, 2.24) is 9.80 Å². The smallest absolute Gasteiger partial charge is 0.410 e. The van der Waals surface area contributed by atoms with E-state index in [9.17, 15) is 4.79 Å². The molecule has 1 heterocycles. The lowest BCUT2D eigenvalue weighted by Crippen LogP contribution is -2.37. The van der Waals surface area contributed by atoms with Crippen molar-refractivity contribution in [3.63, 3.8) is 0 Å². The third-order valence-electron chi connectivity index (χ3n) is 3.86. The Morgan fingerprint density at radius 2 is 2.00 bits per heavy atom. The topological polar surface area (TPSA) is 32.8 Å². The summed E-state index contributed by atoms with van der Waals surface area (Å²) in [4.78, 5) is 16.2. The molecule has 0 radical (unpaired) electrons. The average molecular weight is 304 g/mol. The van der Waals surface area contributed by atoms with E-state index in [1.165, 1.54) is 5.56 Å². The summed E-state index contributed by atoms with van der Waals surface area (Å²) in [5.74, 6) is 0.529. The van der Waals surface area contributed by atoms with Crippen LogP contribution in [0.4, 0.5) is 4.79 Å². The SMILES string of the molecule is CN(C[C@H]1CCN(Cc2ccccc2)C1)C(=O)OC(C)(C)C. The molecular formula is C18H28N2O2. The molecule has 4 heteroatoms.